The maximum Gasteiger partial charge on any atom is 0.309 e. The van der Waals surface area contributed by atoms with Crippen LogP contribution in [0.2, 0.25) is 0 Å². The summed E-state index contributed by atoms with van der Waals surface area (Å²) in [7, 11) is 0. The van der Waals surface area contributed by atoms with Crippen LogP contribution in [0.4, 0.5) is 0 Å². The van der Waals surface area contributed by atoms with Gasteiger partial charge in [-0.2, -0.15) is 0 Å². The lowest BCUT2D eigenvalue weighted by atomic mass is 9.85. The van der Waals surface area contributed by atoms with Gasteiger partial charge in [0.05, 0.1) is 6.42 Å². The third-order valence-corrected chi connectivity index (χ3v) is 1.59. The molecule has 1 aliphatic heterocycles. The first-order valence-electron chi connectivity index (χ1n) is 3.19. The molecule has 1 rings (SSSR count). The molecule has 1 fully saturated rings. The number of ether oxygens (including phenoxy) is 1. The van der Waals surface area contributed by atoms with Crippen LogP contribution in [0.15, 0.2) is 0 Å². The summed E-state index contributed by atoms with van der Waals surface area (Å²) in [4.78, 5) is 10.3. The van der Waals surface area contributed by atoms with Gasteiger partial charge >= 0.3 is 5.97 Å². The van der Waals surface area contributed by atoms with E-state index >= 15 is 0 Å². The first-order valence-corrected chi connectivity index (χ1v) is 3.19. The molecule has 9 heavy (non-hydrogen) atoms. The van der Waals surface area contributed by atoms with Crippen molar-refractivity contribution in [3.63, 3.8) is 0 Å². The van der Waals surface area contributed by atoms with E-state index in [0.717, 1.165) is 0 Å². The van der Waals surface area contributed by atoms with Crippen LogP contribution in [0.25, 0.3) is 0 Å². The summed E-state index contributed by atoms with van der Waals surface area (Å²) >= 11 is 0. The minimum absolute atomic E-state index is 0.0603. The molecule has 0 aliphatic carbocycles. The highest BCUT2D eigenvalue weighted by Gasteiger charge is 2.37. The molecule has 2 nitrogen and oxygen atoms in total. The fourth-order valence-corrected chi connectivity index (χ4v) is 0.783. The summed E-state index contributed by atoms with van der Waals surface area (Å²) in [6.45, 7) is 6.22. The fourth-order valence-electron chi connectivity index (χ4n) is 0.783. The average molecular weight is 128 g/mol. The SMILES string of the molecule is CC(C)(C)C1CC(=O)O1. The van der Waals surface area contributed by atoms with Crippen molar-refractivity contribution in [3.8, 4) is 0 Å². The molecule has 0 aromatic heterocycles. The van der Waals surface area contributed by atoms with Crippen LogP contribution in [0.3, 0.4) is 0 Å². The Bertz CT molecular complexity index is 124. The number of esters is 1. The molecule has 0 aromatic carbocycles. The molecule has 0 amide bonds. The molecule has 2 heteroatoms. The maximum absolute atomic E-state index is 10.3. The van der Waals surface area contributed by atoms with Crippen LogP contribution in [0.1, 0.15) is 27.2 Å². The molecular formula is C7H12O2. The number of rotatable bonds is 0. The molecule has 1 atom stereocenters. The summed E-state index contributed by atoms with van der Waals surface area (Å²) in [5, 5.41) is 0. The molecule has 0 radical (unpaired) electrons. The molecule has 0 spiro atoms. The minimum Gasteiger partial charge on any atom is -0.461 e. The molecule has 0 N–H and O–H groups in total. The van der Waals surface area contributed by atoms with Gasteiger partial charge in [-0.05, 0) is 5.41 Å². The monoisotopic (exact) mass is 128 g/mol. The first-order chi connectivity index (χ1) is 4.00. The molecule has 1 heterocycles. The Kier molecular flexibility index (Phi) is 1.26. The third-order valence-electron chi connectivity index (χ3n) is 1.59. The summed E-state index contributed by atoms with van der Waals surface area (Å²) < 4.78 is 4.86. The normalized spacial score (nSPS) is 27.0. The van der Waals surface area contributed by atoms with Crippen molar-refractivity contribution in [2.45, 2.75) is 33.3 Å². The van der Waals surface area contributed by atoms with Crippen molar-refractivity contribution in [2.75, 3.05) is 0 Å². The molecule has 0 aromatic rings. The number of carbonyl (C=O) groups is 1. The van der Waals surface area contributed by atoms with Crippen LogP contribution in [0, 0.1) is 5.41 Å². The number of carbonyl (C=O) groups excluding carboxylic acids is 1. The number of hydrogen-bond acceptors (Lipinski definition) is 2. The van der Waals surface area contributed by atoms with Gasteiger partial charge in [-0.15, -0.1) is 0 Å². The van der Waals surface area contributed by atoms with E-state index < -0.39 is 0 Å². The van der Waals surface area contributed by atoms with Gasteiger partial charge in [0.25, 0.3) is 0 Å². The smallest absolute Gasteiger partial charge is 0.309 e. The van der Waals surface area contributed by atoms with Crippen LogP contribution >= 0.6 is 0 Å². The largest absolute Gasteiger partial charge is 0.461 e. The van der Waals surface area contributed by atoms with Crippen molar-refractivity contribution in [3.05, 3.63) is 0 Å². The van der Waals surface area contributed by atoms with E-state index in [2.05, 4.69) is 20.8 Å². The lowest BCUT2D eigenvalue weighted by molar-refractivity contribution is -0.180. The van der Waals surface area contributed by atoms with Crippen molar-refractivity contribution in [2.24, 2.45) is 5.41 Å². The fraction of sp³-hybridized carbons (Fsp3) is 0.857. The summed E-state index contributed by atoms with van der Waals surface area (Å²) in [6, 6.07) is 0. The predicted octanol–water partition coefficient (Wildman–Crippen LogP) is 1.35. The minimum atomic E-state index is -0.0603. The Morgan fingerprint density at radius 2 is 2.00 bits per heavy atom. The number of hydrogen-bond donors (Lipinski definition) is 0. The highest BCUT2D eigenvalue weighted by molar-refractivity contribution is 5.75. The second kappa shape index (κ2) is 1.72. The standard InChI is InChI=1S/C7H12O2/c1-7(2,3)5-4-6(8)9-5/h5H,4H2,1-3H3. The molecular weight excluding hydrogens is 116 g/mol. The van der Waals surface area contributed by atoms with Crippen LogP contribution in [-0.4, -0.2) is 12.1 Å². The average Bonchev–Trinajstić information content (AvgIpc) is 1.55. The zero-order chi connectivity index (χ0) is 7.07. The third kappa shape index (κ3) is 1.23. The van der Waals surface area contributed by atoms with E-state index in [0.29, 0.717) is 6.42 Å². The topological polar surface area (TPSA) is 26.3 Å². The van der Waals surface area contributed by atoms with Gasteiger partial charge < -0.3 is 4.74 Å². The van der Waals surface area contributed by atoms with Gasteiger partial charge in [-0.3, -0.25) is 4.79 Å². The Balaban J connectivity index is 2.40. The van der Waals surface area contributed by atoms with Crippen LogP contribution in [0.5, 0.6) is 0 Å². The molecule has 0 saturated carbocycles. The van der Waals surface area contributed by atoms with Crippen molar-refractivity contribution in [1.29, 1.82) is 0 Å². The zero-order valence-electron chi connectivity index (χ0n) is 6.10. The van der Waals surface area contributed by atoms with Gasteiger partial charge in [0.1, 0.15) is 6.10 Å². The summed E-state index contributed by atoms with van der Waals surface area (Å²) in [5.41, 5.74) is 0.133. The van der Waals surface area contributed by atoms with Gasteiger partial charge in [-0.1, -0.05) is 20.8 Å². The zero-order valence-corrected chi connectivity index (χ0v) is 6.10. The summed E-state index contributed by atoms with van der Waals surface area (Å²) in [6.07, 6.45) is 0.758. The molecule has 1 saturated heterocycles. The second-order valence-corrected chi connectivity index (χ2v) is 3.55. The molecule has 1 aliphatic rings. The van der Waals surface area contributed by atoms with Crippen LogP contribution in [-0.2, 0) is 9.53 Å². The quantitative estimate of drug-likeness (QED) is 0.460. The maximum atomic E-state index is 10.3. The van der Waals surface area contributed by atoms with E-state index in [1.165, 1.54) is 0 Å². The highest BCUT2D eigenvalue weighted by atomic mass is 16.6. The van der Waals surface area contributed by atoms with E-state index in [4.69, 9.17) is 4.74 Å². The van der Waals surface area contributed by atoms with Crippen molar-refractivity contribution < 1.29 is 9.53 Å². The van der Waals surface area contributed by atoms with Crippen molar-refractivity contribution in [1.82, 2.24) is 0 Å². The lowest BCUT2D eigenvalue weighted by Crippen LogP contribution is -2.42. The van der Waals surface area contributed by atoms with Gasteiger partial charge in [0.15, 0.2) is 0 Å². The Morgan fingerprint density at radius 3 is 2.11 bits per heavy atom. The van der Waals surface area contributed by atoms with Gasteiger partial charge in [-0.25, -0.2) is 0 Å². The van der Waals surface area contributed by atoms with Gasteiger partial charge in [0, 0.05) is 0 Å². The summed E-state index contributed by atoms with van der Waals surface area (Å²) in [5.74, 6) is -0.0603. The van der Waals surface area contributed by atoms with E-state index in [-0.39, 0.29) is 17.5 Å². The van der Waals surface area contributed by atoms with Crippen LogP contribution < -0.4 is 0 Å². The van der Waals surface area contributed by atoms with Gasteiger partial charge in [0.2, 0.25) is 0 Å². The Morgan fingerprint density at radius 1 is 1.56 bits per heavy atom. The van der Waals surface area contributed by atoms with E-state index in [1.54, 1.807) is 0 Å². The highest BCUT2D eigenvalue weighted by Crippen LogP contribution is 2.31. The number of cyclic esters (lactones) is 1. The Labute approximate surface area is 55.2 Å². The predicted molar refractivity (Wildman–Crippen MR) is 34.0 cm³/mol. The van der Waals surface area contributed by atoms with E-state index in [9.17, 15) is 4.79 Å². The molecule has 0 bridgehead atoms. The lowest BCUT2D eigenvalue weighted by Gasteiger charge is -2.36. The van der Waals surface area contributed by atoms with Crippen molar-refractivity contribution >= 4 is 5.97 Å². The molecule has 1 unspecified atom stereocenters. The Hall–Kier alpha value is -0.530. The first kappa shape index (κ1) is 6.59. The second-order valence-electron chi connectivity index (χ2n) is 3.55. The van der Waals surface area contributed by atoms with E-state index in [1.807, 2.05) is 0 Å². The molecule has 52 valence electrons.